The van der Waals surface area contributed by atoms with Crippen LogP contribution in [0.5, 0.6) is 0 Å². The fourth-order valence-electron chi connectivity index (χ4n) is 2.11. The quantitative estimate of drug-likeness (QED) is 0.892. The molecule has 0 bridgehead atoms. The highest BCUT2D eigenvalue weighted by Crippen LogP contribution is 2.29. The molecule has 1 heterocycles. The number of nitrogens with zero attached hydrogens (tertiary/aromatic N) is 3. The summed E-state index contributed by atoms with van der Waals surface area (Å²) in [6.45, 7) is 3.79. The molecule has 0 amide bonds. The van der Waals surface area contributed by atoms with Crippen LogP contribution in [-0.4, -0.2) is 25.8 Å². The van der Waals surface area contributed by atoms with E-state index in [1.54, 1.807) is 0 Å². The molecule has 2 rings (SSSR count). The van der Waals surface area contributed by atoms with Crippen LogP contribution in [0.2, 0.25) is 0 Å². The molecular formula is C13H15N3O2. The number of aryl methyl sites for hydroxylation is 1. The Hall–Kier alpha value is -2.17. The predicted molar refractivity (Wildman–Crippen MR) is 66.2 cm³/mol. The Bertz CT molecular complexity index is 534. The lowest BCUT2D eigenvalue weighted by Crippen LogP contribution is -2.43. The standard InChI is InChI=1S/C13H15N3O2/c1-3-13(12(17)18,16-9-14-8-15-16)11-6-4-10(2)5-7-11/h4-9H,3H2,1-2H3,(H,17,18). The van der Waals surface area contributed by atoms with Gasteiger partial charge in [-0.05, 0) is 18.9 Å². The van der Waals surface area contributed by atoms with Gasteiger partial charge in [0.05, 0.1) is 0 Å². The Balaban J connectivity index is 2.62. The van der Waals surface area contributed by atoms with E-state index in [0.29, 0.717) is 12.0 Å². The third kappa shape index (κ3) is 1.77. The van der Waals surface area contributed by atoms with E-state index in [1.807, 2.05) is 38.1 Å². The molecule has 1 aromatic carbocycles. The Morgan fingerprint density at radius 2 is 2.06 bits per heavy atom. The molecule has 0 fully saturated rings. The molecule has 5 nitrogen and oxygen atoms in total. The number of aliphatic carboxylic acids is 1. The Kier molecular flexibility index (Phi) is 3.14. The van der Waals surface area contributed by atoms with Gasteiger partial charge < -0.3 is 5.11 Å². The number of hydrogen-bond acceptors (Lipinski definition) is 3. The molecule has 0 aliphatic heterocycles. The Morgan fingerprint density at radius 1 is 1.39 bits per heavy atom. The van der Waals surface area contributed by atoms with E-state index in [0.717, 1.165) is 5.56 Å². The summed E-state index contributed by atoms with van der Waals surface area (Å²) >= 11 is 0. The lowest BCUT2D eigenvalue weighted by atomic mass is 9.87. The highest BCUT2D eigenvalue weighted by Gasteiger charge is 2.41. The van der Waals surface area contributed by atoms with Crippen molar-refractivity contribution >= 4 is 5.97 Å². The van der Waals surface area contributed by atoms with Crippen LogP contribution in [0.3, 0.4) is 0 Å². The molecule has 1 aromatic heterocycles. The molecule has 0 aliphatic rings. The van der Waals surface area contributed by atoms with Crippen molar-refractivity contribution in [1.82, 2.24) is 14.8 Å². The van der Waals surface area contributed by atoms with Crippen molar-refractivity contribution in [3.05, 3.63) is 48.0 Å². The number of aromatic nitrogens is 3. The summed E-state index contributed by atoms with van der Waals surface area (Å²) in [6.07, 6.45) is 3.19. The van der Waals surface area contributed by atoms with Gasteiger partial charge in [-0.3, -0.25) is 0 Å². The molecular weight excluding hydrogens is 230 g/mol. The van der Waals surface area contributed by atoms with Gasteiger partial charge in [-0.15, -0.1) is 0 Å². The van der Waals surface area contributed by atoms with Crippen LogP contribution in [0.25, 0.3) is 0 Å². The van der Waals surface area contributed by atoms with Crippen LogP contribution in [-0.2, 0) is 10.3 Å². The van der Waals surface area contributed by atoms with E-state index in [1.165, 1.54) is 17.3 Å². The normalized spacial score (nSPS) is 14.1. The maximum Gasteiger partial charge on any atom is 0.336 e. The van der Waals surface area contributed by atoms with Crippen LogP contribution in [0.15, 0.2) is 36.9 Å². The summed E-state index contributed by atoms with van der Waals surface area (Å²) in [4.78, 5) is 15.6. The lowest BCUT2D eigenvalue weighted by molar-refractivity contribution is -0.146. The van der Waals surface area contributed by atoms with Gasteiger partial charge in [-0.1, -0.05) is 36.8 Å². The van der Waals surface area contributed by atoms with Crippen LogP contribution in [0, 0.1) is 6.92 Å². The predicted octanol–water partition coefficient (Wildman–Crippen LogP) is 1.82. The lowest BCUT2D eigenvalue weighted by Gasteiger charge is -2.28. The topological polar surface area (TPSA) is 68.0 Å². The summed E-state index contributed by atoms with van der Waals surface area (Å²) in [7, 11) is 0. The SMILES string of the molecule is CCC(C(=O)O)(c1ccc(C)cc1)n1cncn1. The second-order valence-corrected chi connectivity index (χ2v) is 4.23. The summed E-state index contributed by atoms with van der Waals surface area (Å²) in [5.41, 5.74) is 0.603. The first-order chi connectivity index (χ1) is 8.61. The smallest absolute Gasteiger partial charge is 0.336 e. The Labute approximate surface area is 105 Å². The molecule has 1 atom stereocenters. The van der Waals surface area contributed by atoms with Crippen molar-refractivity contribution < 1.29 is 9.90 Å². The van der Waals surface area contributed by atoms with Crippen molar-refractivity contribution in [2.75, 3.05) is 0 Å². The summed E-state index contributed by atoms with van der Waals surface area (Å²) in [5.74, 6) is -0.931. The van der Waals surface area contributed by atoms with Crippen LogP contribution >= 0.6 is 0 Å². The minimum atomic E-state index is -1.19. The number of carboxylic acids is 1. The molecule has 0 saturated carbocycles. The van der Waals surface area contributed by atoms with Crippen LogP contribution in [0.4, 0.5) is 0 Å². The minimum Gasteiger partial charge on any atom is -0.479 e. The average molecular weight is 245 g/mol. The molecule has 1 unspecified atom stereocenters. The van der Waals surface area contributed by atoms with E-state index in [2.05, 4.69) is 10.1 Å². The van der Waals surface area contributed by atoms with E-state index in [4.69, 9.17) is 0 Å². The first kappa shape index (κ1) is 12.3. The highest BCUT2D eigenvalue weighted by atomic mass is 16.4. The van der Waals surface area contributed by atoms with Crippen molar-refractivity contribution in [2.45, 2.75) is 25.8 Å². The van der Waals surface area contributed by atoms with Gasteiger partial charge in [-0.2, -0.15) is 5.10 Å². The molecule has 0 spiro atoms. The Morgan fingerprint density at radius 3 is 2.50 bits per heavy atom. The molecule has 18 heavy (non-hydrogen) atoms. The van der Waals surface area contributed by atoms with Gasteiger partial charge in [0.1, 0.15) is 12.7 Å². The number of hydrogen-bond donors (Lipinski definition) is 1. The third-order valence-electron chi connectivity index (χ3n) is 3.20. The minimum absolute atomic E-state index is 0.398. The van der Waals surface area contributed by atoms with Gasteiger partial charge in [0, 0.05) is 0 Å². The summed E-state index contributed by atoms with van der Waals surface area (Å²) in [5, 5.41) is 13.6. The fraction of sp³-hybridized carbons (Fsp3) is 0.308. The summed E-state index contributed by atoms with van der Waals surface area (Å²) < 4.78 is 1.40. The zero-order valence-corrected chi connectivity index (χ0v) is 10.4. The van der Waals surface area contributed by atoms with E-state index in [9.17, 15) is 9.90 Å². The summed E-state index contributed by atoms with van der Waals surface area (Å²) in [6, 6.07) is 7.46. The maximum absolute atomic E-state index is 11.7. The molecule has 5 heteroatoms. The number of rotatable bonds is 4. The van der Waals surface area contributed by atoms with Crippen LogP contribution < -0.4 is 0 Å². The van der Waals surface area contributed by atoms with Crippen molar-refractivity contribution in [2.24, 2.45) is 0 Å². The zero-order valence-electron chi connectivity index (χ0n) is 10.4. The monoisotopic (exact) mass is 245 g/mol. The largest absolute Gasteiger partial charge is 0.479 e. The molecule has 0 radical (unpaired) electrons. The average Bonchev–Trinajstić information content (AvgIpc) is 2.87. The second-order valence-electron chi connectivity index (χ2n) is 4.23. The van der Waals surface area contributed by atoms with E-state index < -0.39 is 11.5 Å². The molecule has 2 aromatic rings. The van der Waals surface area contributed by atoms with Crippen LogP contribution in [0.1, 0.15) is 24.5 Å². The van der Waals surface area contributed by atoms with Crippen molar-refractivity contribution in [3.63, 3.8) is 0 Å². The second kappa shape index (κ2) is 4.60. The molecule has 1 N–H and O–H groups in total. The number of benzene rings is 1. The molecule has 0 saturated heterocycles. The number of carboxylic acid groups (broad SMARTS) is 1. The molecule has 0 aliphatic carbocycles. The highest BCUT2D eigenvalue weighted by molar-refractivity contribution is 5.81. The maximum atomic E-state index is 11.7. The molecule has 94 valence electrons. The van der Waals surface area contributed by atoms with Gasteiger partial charge in [0.2, 0.25) is 0 Å². The van der Waals surface area contributed by atoms with Crippen molar-refractivity contribution in [3.8, 4) is 0 Å². The van der Waals surface area contributed by atoms with Gasteiger partial charge >= 0.3 is 5.97 Å². The first-order valence-corrected chi connectivity index (χ1v) is 5.77. The van der Waals surface area contributed by atoms with Gasteiger partial charge in [0.15, 0.2) is 5.54 Å². The van der Waals surface area contributed by atoms with E-state index in [-0.39, 0.29) is 0 Å². The van der Waals surface area contributed by atoms with E-state index >= 15 is 0 Å². The first-order valence-electron chi connectivity index (χ1n) is 5.77. The number of carbonyl (C=O) groups is 1. The fourth-order valence-corrected chi connectivity index (χ4v) is 2.11. The third-order valence-corrected chi connectivity index (χ3v) is 3.20. The zero-order chi connectivity index (χ0) is 13.2. The van der Waals surface area contributed by atoms with Gasteiger partial charge in [0.25, 0.3) is 0 Å². The van der Waals surface area contributed by atoms with Gasteiger partial charge in [-0.25, -0.2) is 14.5 Å². The van der Waals surface area contributed by atoms with Crippen molar-refractivity contribution in [1.29, 1.82) is 0 Å².